The second-order valence-corrected chi connectivity index (χ2v) is 7.06. The zero-order valence-electron chi connectivity index (χ0n) is 14.9. The smallest absolute Gasteiger partial charge is 0.127 e. The number of aromatic nitrogens is 1. The first-order valence-corrected chi connectivity index (χ1v) is 8.88. The van der Waals surface area contributed by atoms with E-state index in [4.69, 9.17) is 10.5 Å². The lowest BCUT2D eigenvalue weighted by Crippen LogP contribution is -2.48. The first-order chi connectivity index (χ1) is 12.0. The van der Waals surface area contributed by atoms with E-state index in [0.717, 1.165) is 30.8 Å². The van der Waals surface area contributed by atoms with Crippen LogP contribution in [0, 0.1) is 0 Å². The minimum absolute atomic E-state index is 0.166. The molecule has 2 aromatic rings. The fourth-order valence-electron chi connectivity index (χ4n) is 3.23. The number of aliphatic hydroxyl groups excluding tert-OH is 1. The van der Waals surface area contributed by atoms with Crippen LogP contribution in [0.5, 0.6) is 5.75 Å². The molecular formula is C20H27N3O2. The third-order valence-corrected chi connectivity index (χ3v) is 4.67. The van der Waals surface area contributed by atoms with Gasteiger partial charge in [-0.1, -0.05) is 26.0 Å². The van der Waals surface area contributed by atoms with Gasteiger partial charge in [0.1, 0.15) is 23.8 Å². The number of pyridine rings is 1. The summed E-state index contributed by atoms with van der Waals surface area (Å²) in [6.45, 7) is 6.57. The first-order valence-electron chi connectivity index (χ1n) is 8.88. The second-order valence-electron chi connectivity index (χ2n) is 7.06. The van der Waals surface area contributed by atoms with Gasteiger partial charge in [-0.3, -0.25) is 4.90 Å². The van der Waals surface area contributed by atoms with E-state index in [0.29, 0.717) is 18.3 Å². The molecule has 1 aliphatic heterocycles. The third kappa shape index (κ3) is 4.71. The third-order valence-electron chi connectivity index (χ3n) is 4.67. The minimum Gasteiger partial charge on any atom is -0.488 e. The average Bonchev–Trinajstić information content (AvgIpc) is 2.58. The van der Waals surface area contributed by atoms with E-state index in [1.54, 1.807) is 6.20 Å². The van der Waals surface area contributed by atoms with Crippen LogP contribution in [0.3, 0.4) is 0 Å². The highest BCUT2D eigenvalue weighted by atomic mass is 16.5. The number of anilines is 1. The SMILES string of the molecule is CC(C)c1cccc(O[C@@H]2CCN(Cc3ccnc(N)c3)C[C@H]2O)c1. The van der Waals surface area contributed by atoms with Crippen LogP contribution in [-0.4, -0.2) is 40.3 Å². The summed E-state index contributed by atoms with van der Waals surface area (Å²) in [5.41, 5.74) is 8.10. The van der Waals surface area contributed by atoms with Crippen molar-refractivity contribution < 1.29 is 9.84 Å². The van der Waals surface area contributed by atoms with E-state index < -0.39 is 6.10 Å². The molecule has 0 spiro atoms. The Balaban J connectivity index is 1.57. The van der Waals surface area contributed by atoms with Crippen LogP contribution in [0.2, 0.25) is 0 Å². The van der Waals surface area contributed by atoms with Crippen LogP contribution in [0.1, 0.15) is 37.3 Å². The van der Waals surface area contributed by atoms with Crippen molar-refractivity contribution in [1.82, 2.24) is 9.88 Å². The van der Waals surface area contributed by atoms with E-state index >= 15 is 0 Å². The summed E-state index contributed by atoms with van der Waals surface area (Å²) in [6, 6.07) is 12.0. The standard InChI is InChI=1S/C20H27N3O2/c1-14(2)16-4-3-5-17(11-16)25-19-7-9-23(13-18(19)24)12-15-6-8-22-20(21)10-15/h3-6,8,10-11,14,18-19,24H,7,9,12-13H2,1-2H3,(H2,21,22)/t18-,19-/m1/s1. The molecule has 0 radical (unpaired) electrons. The van der Waals surface area contributed by atoms with E-state index in [-0.39, 0.29) is 6.10 Å². The van der Waals surface area contributed by atoms with E-state index in [1.807, 2.05) is 24.3 Å². The highest BCUT2D eigenvalue weighted by Gasteiger charge is 2.29. The van der Waals surface area contributed by atoms with Gasteiger partial charge in [-0.15, -0.1) is 0 Å². The number of piperidine rings is 1. The van der Waals surface area contributed by atoms with Crippen LogP contribution in [0.15, 0.2) is 42.6 Å². The van der Waals surface area contributed by atoms with Gasteiger partial charge in [-0.25, -0.2) is 4.98 Å². The normalized spacial score (nSPS) is 21.4. The van der Waals surface area contributed by atoms with Gasteiger partial charge in [-0.2, -0.15) is 0 Å². The lowest BCUT2D eigenvalue weighted by atomic mass is 10.0. The van der Waals surface area contributed by atoms with E-state index in [1.165, 1.54) is 5.56 Å². The Morgan fingerprint density at radius 2 is 2.16 bits per heavy atom. The minimum atomic E-state index is -0.504. The molecule has 0 saturated carbocycles. The number of rotatable bonds is 5. The van der Waals surface area contributed by atoms with Crippen LogP contribution in [0.25, 0.3) is 0 Å². The molecule has 3 rings (SSSR count). The summed E-state index contributed by atoms with van der Waals surface area (Å²) in [7, 11) is 0. The number of nitrogens with zero attached hydrogens (tertiary/aromatic N) is 2. The quantitative estimate of drug-likeness (QED) is 0.875. The summed E-state index contributed by atoms with van der Waals surface area (Å²) in [4.78, 5) is 6.24. The molecule has 1 aromatic carbocycles. The van der Waals surface area contributed by atoms with Crippen molar-refractivity contribution in [3.63, 3.8) is 0 Å². The molecule has 1 fully saturated rings. The van der Waals surface area contributed by atoms with Crippen LogP contribution < -0.4 is 10.5 Å². The van der Waals surface area contributed by atoms with Crippen molar-refractivity contribution in [2.45, 2.75) is 44.9 Å². The molecule has 0 amide bonds. The Morgan fingerprint density at radius 1 is 1.32 bits per heavy atom. The molecule has 0 bridgehead atoms. The molecule has 3 N–H and O–H groups in total. The lowest BCUT2D eigenvalue weighted by Gasteiger charge is -2.36. The zero-order valence-corrected chi connectivity index (χ0v) is 14.9. The first kappa shape index (κ1) is 17.7. The molecule has 134 valence electrons. The largest absolute Gasteiger partial charge is 0.488 e. The molecule has 2 atom stereocenters. The Morgan fingerprint density at radius 3 is 2.88 bits per heavy atom. The molecule has 0 unspecified atom stereocenters. The molecule has 5 heteroatoms. The van der Waals surface area contributed by atoms with Gasteiger partial charge in [0.05, 0.1) is 0 Å². The number of aliphatic hydroxyl groups is 1. The van der Waals surface area contributed by atoms with Crippen molar-refractivity contribution in [3.05, 3.63) is 53.7 Å². The highest BCUT2D eigenvalue weighted by Crippen LogP contribution is 2.24. The van der Waals surface area contributed by atoms with Gasteiger partial charge in [-0.05, 0) is 47.7 Å². The summed E-state index contributed by atoms with van der Waals surface area (Å²) < 4.78 is 6.07. The van der Waals surface area contributed by atoms with Gasteiger partial charge >= 0.3 is 0 Å². The lowest BCUT2D eigenvalue weighted by molar-refractivity contribution is -0.0275. The maximum Gasteiger partial charge on any atom is 0.127 e. The molecular weight excluding hydrogens is 314 g/mol. The predicted octanol–water partition coefficient (Wildman–Crippen LogP) is 2.80. The number of hydrogen-bond donors (Lipinski definition) is 2. The van der Waals surface area contributed by atoms with Crippen molar-refractivity contribution >= 4 is 5.82 Å². The molecule has 25 heavy (non-hydrogen) atoms. The number of nitrogens with two attached hydrogens (primary N) is 1. The van der Waals surface area contributed by atoms with Gasteiger partial charge in [0.2, 0.25) is 0 Å². The summed E-state index contributed by atoms with van der Waals surface area (Å²) in [5.74, 6) is 1.83. The monoisotopic (exact) mass is 341 g/mol. The number of β-amino-alcohol motifs (C(OH)–C–C–N with tert-alkyl or cyclic N) is 1. The Labute approximate surface area is 149 Å². The summed E-state index contributed by atoms with van der Waals surface area (Å²) in [5, 5.41) is 10.5. The molecule has 1 aliphatic rings. The van der Waals surface area contributed by atoms with Gasteiger partial charge in [0, 0.05) is 25.8 Å². The average molecular weight is 341 g/mol. The van der Waals surface area contributed by atoms with Crippen molar-refractivity contribution in [3.8, 4) is 5.75 Å². The van der Waals surface area contributed by atoms with Gasteiger partial charge in [0.25, 0.3) is 0 Å². The van der Waals surface area contributed by atoms with Crippen molar-refractivity contribution in [2.75, 3.05) is 18.8 Å². The second kappa shape index (κ2) is 7.85. The van der Waals surface area contributed by atoms with Crippen LogP contribution in [0.4, 0.5) is 5.82 Å². The number of ether oxygens (including phenoxy) is 1. The molecule has 2 heterocycles. The maximum atomic E-state index is 10.5. The highest BCUT2D eigenvalue weighted by molar-refractivity contribution is 5.32. The maximum absolute atomic E-state index is 10.5. The van der Waals surface area contributed by atoms with E-state index in [9.17, 15) is 5.11 Å². The van der Waals surface area contributed by atoms with Crippen LogP contribution in [-0.2, 0) is 6.54 Å². The van der Waals surface area contributed by atoms with Gasteiger partial charge in [0.15, 0.2) is 0 Å². The number of likely N-dealkylation sites (tertiary alicyclic amines) is 1. The molecule has 5 nitrogen and oxygen atoms in total. The van der Waals surface area contributed by atoms with Crippen molar-refractivity contribution in [1.29, 1.82) is 0 Å². The van der Waals surface area contributed by atoms with E-state index in [2.05, 4.69) is 35.9 Å². The molecule has 1 aromatic heterocycles. The zero-order chi connectivity index (χ0) is 17.8. The molecule has 0 aliphatic carbocycles. The number of hydrogen-bond acceptors (Lipinski definition) is 5. The van der Waals surface area contributed by atoms with Crippen LogP contribution >= 0.6 is 0 Å². The Kier molecular flexibility index (Phi) is 5.56. The Bertz CT molecular complexity index is 705. The van der Waals surface area contributed by atoms with Crippen molar-refractivity contribution in [2.24, 2.45) is 0 Å². The molecule has 1 saturated heterocycles. The number of nitrogen functional groups attached to an aromatic ring is 1. The summed E-state index contributed by atoms with van der Waals surface area (Å²) in [6.07, 6.45) is 1.85. The fourth-order valence-corrected chi connectivity index (χ4v) is 3.23. The predicted molar refractivity (Wildman–Crippen MR) is 99.5 cm³/mol. The topological polar surface area (TPSA) is 71.6 Å². The summed E-state index contributed by atoms with van der Waals surface area (Å²) >= 11 is 0. The van der Waals surface area contributed by atoms with Gasteiger partial charge < -0.3 is 15.6 Å². The number of benzene rings is 1. The fraction of sp³-hybridized carbons (Fsp3) is 0.450. The Hall–Kier alpha value is -2.11.